The Morgan fingerprint density at radius 1 is 1.48 bits per heavy atom. The van der Waals surface area contributed by atoms with Crippen LogP contribution in [0.1, 0.15) is 26.0 Å². The molecule has 0 spiro atoms. The number of nitriles is 1. The van der Waals surface area contributed by atoms with Crippen molar-refractivity contribution >= 4 is 16.8 Å². The van der Waals surface area contributed by atoms with Gasteiger partial charge in [0, 0.05) is 24.0 Å². The van der Waals surface area contributed by atoms with Crippen molar-refractivity contribution in [1.29, 1.82) is 5.26 Å². The van der Waals surface area contributed by atoms with Crippen LogP contribution >= 0.6 is 0 Å². The van der Waals surface area contributed by atoms with Crippen molar-refractivity contribution in [3.63, 3.8) is 0 Å². The summed E-state index contributed by atoms with van der Waals surface area (Å²) < 4.78 is 5.36. The zero-order valence-corrected chi connectivity index (χ0v) is 12.7. The second-order valence-corrected chi connectivity index (χ2v) is 6.54. The van der Waals surface area contributed by atoms with E-state index in [-0.39, 0.29) is 5.41 Å². The molecule has 1 atom stereocenters. The minimum absolute atomic E-state index is 0.192. The molecular formula is C16H20N4O. The summed E-state index contributed by atoms with van der Waals surface area (Å²) in [5.74, 6) is 1.17. The molecule has 2 aromatic heterocycles. The van der Waals surface area contributed by atoms with Gasteiger partial charge >= 0.3 is 0 Å². The van der Waals surface area contributed by atoms with Crippen LogP contribution in [-0.4, -0.2) is 36.1 Å². The number of nitrogens with zero attached hydrogens (tertiary/aromatic N) is 3. The molecule has 0 saturated carbocycles. The van der Waals surface area contributed by atoms with Crippen LogP contribution in [0.2, 0.25) is 0 Å². The van der Waals surface area contributed by atoms with Crippen LogP contribution in [0.3, 0.4) is 0 Å². The first-order valence-corrected chi connectivity index (χ1v) is 7.23. The molecule has 0 aliphatic carbocycles. The Balaban J connectivity index is 1.83. The third kappa shape index (κ3) is 2.72. The van der Waals surface area contributed by atoms with Crippen molar-refractivity contribution in [2.24, 2.45) is 5.41 Å². The van der Waals surface area contributed by atoms with Crippen molar-refractivity contribution < 1.29 is 4.42 Å². The van der Waals surface area contributed by atoms with Crippen LogP contribution < -0.4 is 5.32 Å². The predicted octanol–water partition coefficient (Wildman–Crippen LogP) is 2.84. The van der Waals surface area contributed by atoms with Crippen molar-refractivity contribution in [3.8, 4) is 6.07 Å². The van der Waals surface area contributed by atoms with Crippen molar-refractivity contribution in [2.45, 2.75) is 26.3 Å². The van der Waals surface area contributed by atoms with E-state index < -0.39 is 0 Å². The summed E-state index contributed by atoms with van der Waals surface area (Å²) in [5, 5.41) is 13.3. The minimum atomic E-state index is 0.192. The van der Waals surface area contributed by atoms with Gasteiger partial charge in [-0.15, -0.1) is 0 Å². The number of anilines is 1. The van der Waals surface area contributed by atoms with E-state index in [1.807, 2.05) is 12.1 Å². The second-order valence-electron chi connectivity index (χ2n) is 6.54. The molecule has 3 heterocycles. The lowest BCUT2D eigenvalue weighted by Crippen LogP contribution is -2.50. The Labute approximate surface area is 124 Å². The summed E-state index contributed by atoms with van der Waals surface area (Å²) in [7, 11) is 2.16. The van der Waals surface area contributed by atoms with E-state index in [0.29, 0.717) is 17.4 Å². The first-order chi connectivity index (χ1) is 9.98. The maximum absolute atomic E-state index is 8.88. The van der Waals surface area contributed by atoms with Crippen molar-refractivity contribution in [2.75, 3.05) is 25.5 Å². The van der Waals surface area contributed by atoms with Crippen LogP contribution in [0.15, 0.2) is 22.7 Å². The summed E-state index contributed by atoms with van der Waals surface area (Å²) in [6.07, 6.45) is 2.78. The normalized spacial score (nSPS) is 22.1. The van der Waals surface area contributed by atoms with Gasteiger partial charge in [0.05, 0.1) is 6.20 Å². The van der Waals surface area contributed by atoms with Crippen LogP contribution in [0.25, 0.3) is 11.0 Å². The number of pyridine rings is 1. The van der Waals surface area contributed by atoms with Crippen molar-refractivity contribution in [1.82, 2.24) is 9.88 Å². The molecule has 5 heteroatoms. The number of piperidine rings is 1. The van der Waals surface area contributed by atoms with Gasteiger partial charge in [0.1, 0.15) is 11.9 Å². The van der Waals surface area contributed by atoms with Gasteiger partial charge < -0.3 is 14.6 Å². The minimum Gasteiger partial charge on any atom is -0.444 e. The quantitative estimate of drug-likeness (QED) is 0.918. The van der Waals surface area contributed by atoms with Gasteiger partial charge in [-0.05, 0) is 31.5 Å². The third-order valence-electron chi connectivity index (χ3n) is 4.26. The average molecular weight is 284 g/mol. The lowest BCUT2D eigenvalue weighted by Gasteiger charge is -2.43. The van der Waals surface area contributed by atoms with Gasteiger partial charge in [0.2, 0.25) is 5.76 Å². The van der Waals surface area contributed by atoms with Crippen LogP contribution in [-0.2, 0) is 0 Å². The van der Waals surface area contributed by atoms with E-state index in [2.05, 4.69) is 36.1 Å². The van der Waals surface area contributed by atoms with E-state index >= 15 is 0 Å². The molecule has 1 unspecified atom stereocenters. The Bertz CT molecular complexity index is 698. The fourth-order valence-electron chi connectivity index (χ4n) is 3.15. The molecule has 1 N–H and O–H groups in total. The second kappa shape index (κ2) is 5.05. The van der Waals surface area contributed by atoms with Gasteiger partial charge in [-0.2, -0.15) is 5.26 Å². The first kappa shape index (κ1) is 13.9. The highest BCUT2D eigenvalue weighted by Crippen LogP contribution is 2.31. The van der Waals surface area contributed by atoms with E-state index in [1.165, 1.54) is 0 Å². The maximum Gasteiger partial charge on any atom is 0.204 e. The van der Waals surface area contributed by atoms with Crippen LogP contribution in [0.4, 0.5) is 5.82 Å². The number of fused-ring (bicyclic) bond motifs is 1. The molecule has 2 aromatic rings. The van der Waals surface area contributed by atoms with E-state index in [9.17, 15) is 0 Å². The Kier molecular flexibility index (Phi) is 3.34. The highest BCUT2D eigenvalue weighted by Gasteiger charge is 2.34. The lowest BCUT2D eigenvalue weighted by molar-refractivity contribution is 0.126. The van der Waals surface area contributed by atoms with Gasteiger partial charge in [-0.1, -0.05) is 13.8 Å². The largest absolute Gasteiger partial charge is 0.444 e. The van der Waals surface area contributed by atoms with Gasteiger partial charge in [0.25, 0.3) is 0 Å². The van der Waals surface area contributed by atoms with E-state index in [0.717, 1.165) is 30.7 Å². The standard InChI is InChI=1S/C16H20N4O/c1-16(2)10-20(3)5-4-14(16)19-15-7-11-6-12(8-17)21-13(11)9-18-15/h6-7,9,14H,4-5,10H2,1-3H3,(H,18,19). The molecule has 110 valence electrons. The summed E-state index contributed by atoms with van der Waals surface area (Å²) in [4.78, 5) is 6.77. The monoisotopic (exact) mass is 284 g/mol. The molecule has 0 aromatic carbocycles. The number of hydrogen-bond donors (Lipinski definition) is 1. The van der Waals surface area contributed by atoms with Gasteiger partial charge in [-0.3, -0.25) is 0 Å². The van der Waals surface area contributed by atoms with Gasteiger partial charge in [0.15, 0.2) is 5.58 Å². The number of nitrogens with one attached hydrogen (secondary N) is 1. The number of rotatable bonds is 2. The van der Waals surface area contributed by atoms with Crippen LogP contribution in [0.5, 0.6) is 0 Å². The number of likely N-dealkylation sites (tertiary alicyclic amines) is 1. The van der Waals surface area contributed by atoms with E-state index in [4.69, 9.17) is 9.68 Å². The Morgan fingerprint density at radius 2 is 2.29 bits per heavy atom. The summed E-state index contributed by atoms with van der Waals surface area (Å²) >= 11 is 0. The fourth-order valence-corrected chi connectivity index (χ4v) is 3.15. The molecule has 0 amide bonds. The first-order valence-electron chi connectivity index (χ1n) is 7.23. The fraction of sp³-hybridized carbons (Fsp3) is 0.500. The third-order valence-corrected chi connectivity index (χ3v) is 4.26. The molecular weight excluding hydrogens is 264 g/mol. The molecule has 1 aliphatic heterocycles. The summed E-state index contributed by atoms with van der Waals surface area (Å²) in [6.45, 7) is 6.72. The molecule has 0 bridgehead atoms. The molecule has 3 rings (SSSR count). The SMILES string of the molecule is CN1CCC(Nc2cc3cc(C#N)oc3cn2)C(C)(C)C1. The van der Waals surface area contributed by atoms with Crippen molar-refractivity contribution in [3.05, 3.63) is 24.1 Å². The predicted molar refractivity (Wildman–Crippen MR) is 82.0 cm³/mol. The molecule has 1 saturated heterocycles. The molecule has 21 heavy (non-hydrogen) atoms. The zero-order valence-electron chi connectivity index (χ0n) is 12.7. The molecule has 5 nitrogen and oxygen atoms in total. The maximum atomic E-state index is 8.88. The Hall–Kier alpha value is -2.06. The molecule has 1 aliphatic rings. The van der Waals surface area contributed by atoms with E-state index in [1.54, 1.807) is 12.3 Å². The van der Waals surface area contributed by atoms with Gasteiger partial charge in [-0.25, -0.2) is 4.98 Å². The average Bonchev–Trinajstić information content (AvgIpc) is 2.83. The summed E-state index contributed by atoms with van der Waals surface area (Å²) in [5.41, 5.74) is 0.845. The molecule has 0 radical (unpaired) electrons. The number of furan rings is 1. The highest BCUT2D eigenvalue weighted by atomic mass is 16.3. The molecule has 1 fully saturated rings. The Morgan fingerprint density at radius 3 is 3.00 bits per heavy atom. The summed E-state index contributed by atoms with van der Waals surface area (Å²) in [6, 6.07) is 6.11. The van der Waals surface area contributed by atoms with Crippen LogP contribution in [0, 0.1) is 16.7 Å². The topological polar surface area (TPSA) is 65.1 Å². The smallest absolute Gasteiger partial charge is 0.204 e. The number of hydrogen-bond acceptors (Lipinski definition) is 5. The lowest BCUT2D eigenvalue weighted by atomic mass is 9.79. The highest BCUT2D eigenvalue weighted by molar-refractivity contribution is 5.80. The zero-order chi connectivity index (χ0) is 15.0. The number of aromatic nitrogens is 1.